The van der Waals surface area contributed by atoms with E-state index in [2.05, 4.69) is 0 Å². The van der Waals surface area contributed by atoms with E-state index in [0.29, 0.717) is 5.69 Å². The van der Waals surface area contributed by atoms with Crippen molar-refractivity contribution in [1.29, 1.82) is 0 Å². The Morgan fingerprint density at radius 1 is 1.11 bits per heavy atom. The molecule has 1 aromatic carbocycles. The molecule has 0 unspecified atom stereocenters. The number of nitrogens with zero attached hydrogens (tertiary/aromatic N) is 1. The SMILES string of the molecule is Cc1ccc(C)c(-n2c(C)ccc(C(=O)O)c2=O)c1. The third-order valence-electron chi connectivity index (χ3n) is 3.11. The van der Waals surface area contributed by atoms with Crippen LogP contribution in [-0.4, -0.2) is 15.6 Å². The number of carboxylic acid groups (broad SMARTS) is 1. The van der Waals surface area contributed by atoms with Crippen molar-refractivity contribution < 1.29 is 9.90 Å². The topological polar surface area (TPSA) is 59.3 Å². The van der Waals surface area contributed by atoms with Crippen LogP contribution in [-0.2, 0) is 0 Å². The second kappa shape index (κ2) is 4.72. The molecule has 0 amide bonds. The van der Waals surface area contributed by atoms with Crippen molar-refractivity contribution in [2.24, 2.45) is 0 Å². The molecule has 0 aliphatic heterocycles. The second-order valence-electron chi connectivity index (χ2n) is 4.62. The maximum absolute atomic E-state index is 12.3. The molecule has 0 saturated heterocycles. The minimum atomic E-state index is -1.20. The van der Waals surface area contributed by atoms with Gasteiger partial charge >= 0.3 is 5.97 Å². The van der Waals surface area contributed by atoms with Crippen LogP contribution in [0.3, 0.4) is 0 Å². The van der Waals surface area contributed by atoms with Crippen LogP contribution in [0.5, 0.6) is 0 Å². The van der Waals surface area contributed by atoms with Gasteiger partial charge in [0.2, 0.25) is 0 Å². The van der Waals surface area contributed by atoms with E-state index in [1.807, 2.05) is 32.0 Å². The maximum atomic E-state index is 12.3. The van der Waals surface area contributed by atoms with E-state index < -0.39 is 11.5 Å². The molecule has 1 aromatic heterocycles. The summed E-state index contributed by atoms with van der Waals surface area (Å²) < 4.78 is 1.45. The van der Waals surface area contributed by atoms with Gasteiger partial charge in [0.25, 0.3) is 5.56 Å². The van der Waals surface area contributed by atoms with Crippen molar-refractivity contribution in [3.8, 4) is 5.69 Å². The molecule has 2 rings (SSSR count). The predicted molar refractivity (Wildman–Crippen MR) is 73.2 cm³/mol. The second-order valence-corrected chi connectivity index (χ2v) is 4.62. The van der Waals surface area contributed by atoms with Crippen molar-refractivity contribution in [3.05, 3.63) is 63.1 Å². The molecular formula is C15H15NO3. The van der Waals surface area contributed by atoms with Gasteiger partial charge in [-0.15, -0.1) is 0 Å². The first-order valence-corrected chi connectivity index (χ1v) is 5.95. The summed E-state index contributed by atoms with van der Waals surface area (Å²) in [6.07, 6.45) is 0. The number of aryl methyl sites for hydroxylation is 3. The molecule has 0 aliphatic rings. The molecule has 0 aliphatic carbocycles. The Kier molecular flexibility index (Phi) is 3.25. The summed E-state index contributed by atoms with van der Waals surface area (Å²) >= 11 is 0. The minimum Gasteiger partial charge on any atom is -0.477 e. The van der Waals surface area contributed by atoms with Crippen molar-refractivity contribution in [3.63, 3.8) is 0 Å². The summed E-state index contributed by atoms with van der Waals surface area (Å²) in [6.45, 7) is 5.62. The number of rotatable bonds is 2. The Morgan fingerprint density at radius 3 is 2.42 bits per heavy atom. The highest BCUT2D eigenvalue weighted by atomic mass is 16.4. The third-order valence-corrected chi connectivity index (χ3v) is 3.11. The lowest BCUT2D eigenvalue weighted by Crippen LogP contribution is -2.27. The molecule has 0 atom stereocenters. The van der Waals surface area contributed by atoms with Gasteiger partial charge in [0, 0.05) is 5.69 Å². The van der Waals surface area contributed by atoms with Gasteiger partial charge in [-0.3, -0.25) is 9.36 Å². The zero-order chi connectivity index (χ0) is 14.2. The lowest BCUT2D eigenvalue weighted by Gasteiger charge is -2.14. The Bertz CT molecular complexity index is 714. The molecule has 0 spiro atoms. The monoisotopic (exact) mass is 257 g/mol. The standard InChI is InChI=1S/C15H15NO3/c1-9-4-5-10(2)13(8-9)16-11(3)6-7-12(14(16)17)15(18)19/h4-8H,1-3H3,(H,18,19). The summed E-state index contributed by atoms with van der Waals surface area (Å²) in [6, 6.07) is 8.76. The molecule has 0 fully saturated rings. The Morgan fingerprint density at radius 2 is 1.79 bits per heavy atom. The molecule has 98 valence electrons. The number of pyridine rings is 1. The average molecular weight is 257 g/mol. The largest absolute Gasteiger partial charge is 0.477 e. The number of carbonyl (C=O) groups is 1. The number of hydrogen-bond acceptors (Lipinski definition) is 2. The summed E-state index contributed by atoms with van der Waals surface area (Å²) in [5.74, 6) is -1.20. The zero-order valence-electron chi connectivity index (χ0n) is 11.1. The van der Waals surface area contributed by atoms with Crippen LogP contribution < -0.4 is 5.56 Å². The molecule has 0 saturated carbocycles. The van der Waals surface area contributed by atoms with Crippen molar-refractivity contribution in [2.75, 3.05) is 0 Å². The lowest BCUT2D eigenvalue weighted by atomic mass is 10.1. The zero-order valence-corrected chi connectivity index (χ0v) is 11.1. The van der Waals surface area contributed by atoms with Crippen LogP contribution in [0.2, 0.25) is 0 Å². The highest BCUT2D eigenvalue weighted by Gasteiger charge is 2.14. The van der Waals surface area contributed by atoms with E-state index in [9.17, 15) is 9.59 Å². The van der Waals surface area contributed by atoms with E-state index in [4.69, 9.17) is 5.11 Å². The van der Waals surface area contributed by atoms with Gasteiger partial charge < -0.3 is 5.11 Å². The van der Waals surface area contributed by atoms with Gasteiger partial charge in [-0.2, -0.15) is 0 Å². The first kappa shape index (κ1) is 13.1. The number of aromatic nitrogens is 1. The summed E-state index contributed by atoms with van der Waals surface area (Å²) in [5, 5.41) is 9.04. The van der Waals surface area contributed by atoms with Crippen molar-refractivity contribution in [1.82, 2.24) is 4.57 Å². The van der Waals surface area contributed by atoms with Gasteiger partial charge in [0.15, 0.2) is 0 Å². The van der Waals surface area contributed by atoms with Crippen LogP contribution in [0.15, 0.2) is 35.1 Å². The first-order valence-electron chi connectivity index (χ1n) is 5.95. The number of carboxylic acids is 1. The van der Waals surface area contributed by atoms with Crippen LogP contribution in [0.4, 0.5) is 0 Å². The molecule has 4 heteroatoms. The highest BCUT2D eigenvalue weighted by Crippen LogP contribution is 2.16. The van der Waals surface area contributed by atoms with E-state index in [1.54, 1.807) is 13.0 Å². The van der Waals surface area contributed by atoms with Gasteiger partial charge in [0.05, 0.1) is 5.69 Å². The van der Waals surface area contributed by atoms with E-state index in [1.165, 1.54) is 10.6 Å². The van der Waals surface area contributed by atoms with Gasteiger partial charge in [-0.1, -0.05) is 12.1 Å². The third kappa shape index (κ3) is 2.29. The smallest absolute Gasteiger partial charge is 0.341 e. The van der Waals surface area contributed by atoms with Crippen LogP contribution >= 0.6 is 0 Å². The fourth-order valence-electron chi connectivity index (χ4n) is 2.05. The summed E-state index contributed by atoms with van der Waals surface area (Å²) in [5.41, 5.74) is 2.67. The van der Waals surface area contributed by atoms with E-state index in [0.717, 1.165) is 16.8 Å². The number of benzene rings is 1. The molecule has 0 radical (unpaired) electrons. The van der Waals surface area contributed by atoms with Gasteiger partial charge in [-0.05, 0) is 50.1 Å². The average Bonchev–Trinajstić information content (AvgIpc) is 2.33. The molecule has 1 N–H and O–H groups in total. The minimum absolute atomic E-state index is 0.216. The molecular weight excluding hydrogens is 242 g/mol. The highest BCUT2D eigenvalue weighted by molar-refractivity contribution is 5.87. The normalized spacial score (nSPS) is 10.5. The molecule has 1 heterocycles. The Hall–Kier alpha value is -2.36. The van der Waals surface area contributed by atoms with Crippen LogP contribution in [0.1, 0.15) is 27.2 Å². The quantitative estimate of drug-likeness (QED) is 0.899. The molecule has 4 nitrogen and oxygen atoms in total. The maximum Gasteiger partial charge on any atom is 0.341 e. The van der Waals surface area contributed by atoms with E-state index >= 15 is 0 Å². The fourth-order valence-corrected chi connectivity index (χ4v) is 2.05. The van der Waals surface area contributed by atoms with Gasteiger partial charge in [-0.25, -0.2) is 4.79 Å². The van der Waals surface area contributed by atoms with Crippen molar-refractivity contribution in [2.45, 2.75) is 20.8 Å². The Labute approximate surface area is 110 Å². The molecule has 2 aromatic rings. The number of hydrogen-bond donors (Lipinski definition) is 1. The first-order chi connectivity index (χ1) is 8.91. The summed E-state index contributed by atoms with van der Waals surface area (Å²) in [4.78, 5) is 23.3. The van der Waals surface area contributed by atoms with Crippen molar-refractivity contribution >= 4 is 5.97 Å². The van der Waals surface area contributed by atoms with E-state index in [-0.39, 0.29) is 5.56 Å². The molecule has 0 bridgehead atoms. The Balaban J connectivity index is 2.82. The fraction of sp³-hybridized carbons (Fsp3) is 0.200. The number of aromatic carboxylic acids is 1. The predicted octanol–water partition coefficient (Wildman–Crippen LogP) is 2.46. The van der Waals surface area contributed by atoms with Crippen LogP contribution in [0, 0.1) is 20.8 Å². The lowest BCUT2D eigenvalue weighted by molar-refractivity contribution is 0.0694. The molecule has 19 heavy (non-hydrogen) atoms. The van der Waals surface area contributed by atoms with Gasteiger partial charge in [0.1, 0.15) is 5.56 Å². The van der Waals surface area contributed by atoms with Crippen LogP contribution in [0.25, 0.3) is 5.69 Å². The summed E-state index contributed by atoms with van der Waals surface area (Å²) in [7, 11) is 0.